The maximum absolute atomic E-state index is 11.7. The Labute approximate surface area is 91.1 Å². The van der Waals surface area contributed by atoms with Crippen molar-refractivity contribution in [3.63, 3.8) is 0 Å². The van der Waals surface area contributed by atoms with Gasteiger partial charge in [0, 0.05) is 18.5 Å². The van der Waals surface area contributed by atoms with E-state index in [1.165, 1.54) is 12.0 Å². The second-order valence-electron chi connectivity index (χ2n) is 4.39. The number of fused-ring (bicyclic) bond motifs is 1. The average molecular weight is 209 g/mol. The largest absolute Gasteiger partial charge is 0.450 e. The molecule has 1 aliphatic heterocycles. The lowest BCUT2D eigenvalue weighted by molar-refractivity contribution is 0.0674. The van der Waals surface area contributed by atoms with Gasteiger partial charge in [-0.3, -0.25) is 0 Å². The second-order valence-corrected chi connectivity index (χ2v) is 4.39. The summed E-state index contributed by atoms with van der Waals surface area (Å²) < 4.78 is 5.09. The van der Waals surface area contributed by atoms with E-state index in [1.54, 1.807) is 0 Å². The van der Waals surface area contributed by atoms with Gasteiger partial charge in [0.05, 0.1) is 6.61 Å². The molecule has 1 fully saturated rings. The first kappa shape index (κ1) is 10.5. The summed E-state index contributed by atoms with van der Waals surface area (Å²) in [4.78, 5) is 13.6. The topological polar surface area (TPSA) is 29.5 Å². The maximum atomic E-state index is 11.7. The van der Waals surface area contributed by atoms with Crippen LogP contribution in [0, 0.1) is 5.92 Å². The van der Waals surface area contributed by atoms with Crippen LogP contribution in [0.2, 0.25) is 0 Å². The maximum Gasteiger partial charge on any atom is 0.410 e. The fourth-order valence-electron chi connectivity index (χ4n) is 2.77. The predicted octanol–water partition coefficient (Wildman–Crippen LogP) is 2.57. The Balaban J connectivity index is 2.05. The molecule has 0 aromatic carbocycles. The quantitative estimate of drug-likeness (QED) is 0.621. The van der Waals surface area contributed by atoms with E-state index in [0.29, 0.717) is 18.6 Å². The van der Waals surface area contributed by atoms with E-state index < -0.39 is 0 Å². The number of hydrogen-bond acceptors (Lipinski definition) is 2. The number of nitrogens with zero attached hydrogens (tertiary/aromatic N) is 1. The lowest BCUT2D eigenvalue weighted by atomic mass is 9.88. The molecular formula is C12H19NO2. The Morgan fingerprint density at radius 3 is 3.20 bits per heavy atom. The molecule has 0 spiro atoms. The smallest absolute Gasteiger partial charge is 0.410 e. The van der Waals surface area contributed by atoms with Gasteiger partial charge in [-0.2, -0.15) is 0 Å². The molecule has 0 N–H and O–H groups in total. The molecule has 2 unspecified atom stereocenters. The van der Waals surface area contributed by atoms with E-state index in [1.807, 2.05) is 11.8 Å². The van der Waals surface area contributed by atoms with Crippen molar-refractivity contribution < 1.29 is 9.53 Å². The number of rotatable bonds is 1. The number of hydrogen-bond donors (Lipinski definition) is 0. The third-order valence-electron chi connectivity index (χ3n) is 3.55. The minimum atomic E-state index is -0.129. The minimum absolute atomic E-state index is 0.129. The van der Waals surface area contributed by atoms with Gasteiger partial charge in [-0.15, -0.1) is 0 Å². The number of carbonyl (C=O) groups is 1. The fourth-order valence-corrected chi connectivity index (χ4v) is 2.77. The summed E-state index contributed by atoms with van der Waals surface area (Å²) in [7, 11) is 0. The molecule has 1 saturated heterocycles. The van der Waals surface area contributed by atoms with E-state index in [9.17, 15) is 4.79 Å². The van der Waals surface area contributed by atoms with Gasteiger partial charge in [-0.05, 0) is 33.1 Å². The molecule has 0 aromatic rings. The van der Waals surface area contributed by atoms with Crippen molar-refractivity contribution >= 4 is 6.09 Å². The molecule has 1 aliphatic carbocycles. The summed E-state index contributed by atoms with van der Waals surface area (Å²) in [5, 5.41) is 0. The highest BCUT2D eigenvalue weighted by Crippen LogP contribution is 2.37. The average Bonchev–Trinajstić information content (AvgIpc) is 2.61. The van der Waals surface area contributed by atoms with Crippen molar-refractivity contribution in [1.29, 1.82) is 0 Å². The zero-order valence-corrected chi connectivity index (χ0v) is 9.53. The van der Waals surface area contributed by atoms with Crippen LogP contribution < -0.4 is 0 Å². The molecule has 2 aliphatic rings. The van der Waals surface area contributed by atoms with Gasteiger partial charge < -0.3 is 9.64 Å². The van der Waals surface area contributed by atoms with Crippen molar-refractivity contribution in [2.45, 2.75) is 39.2 Å². The van der Waals surface area contributed by atoms with Gasteiger partial charge in [-0.25, -0.2) is 4.79 Å². The monoisotopic (exact) mass is 209 g/mol. The van der Waals surface area contributed by atoms with Gasteiger partial charge in [-0.1, -0.05) is 11.6 Å². The van der Waals surface area contributed by atoms with E-state index in [4.69, 9.17) is 4.74 Å². The Morgan fingerprint density at radius 2 is 2.47 bits per heavy atom. The Morgan fingerprint density at radius 1 is 1.67 bits per heavy atom. The lowest BCUT2D eigenvalue weighted by Crippen LogP contribution is -2.47. The van der Waals surface area contributed by atoms with Crippen LogP contribution in [0.4, 0.5) is 4.79 Å². The summed E-state index contributed by atoms with van der Waals surface area (Å²) in [6, 6.07) is 0.373. The fraction of sp³-hybridized carbons (Fsp3) is 0.750. The van der Waals surface area contributed by atoms with Gasteiger partial charge in [0.2, 0.25) is 0 Å². The molecule has 3 nitrogen and oxygen atoms in total. The zero-order chi connectivity index (χ0) is 10.8. The summed E-state index contributed by atoms with van der Waals surface area (Å²) >= 11 is 0. The van der Waals surface area contributed by atoms with Crippen molar-refractivity contribution in [1.82, 2.24) is 4.90 Å². The van der Waals surface area contributed by atoms with Crippen LogP contribution in [0.25, 0.3) is 0 Å². The second kappa shape index (κ2) is 4.25. The molecule has 0 bridgehead atoms. The standard InChI is InChI=1S/C12H19NO2/c1-3-15-12(14)13-8-4-5-10-9(2)6-7-11(10)13/h6,10-11H,3-5,7-8H2,1-2H3. The van der Waals surface area contributed by atoms with Crippen molar-refractivity contribution in [3.05, 3.63) is 11.6 Å². The number of piperidine rings is 1. The third kappa shape index (κ3) is 1.87. The normalized spacial score (nSPS) is 29.7. The van der Waals surface area contributed by atoms with Crippen LogP contribution in [0.15, 0.2) is 11.6 Å². The summed E-state index contributed by atoms with van der Waals surface area (Å²) in [5.41, 5.74) is 1.45. The summed E-state index contributed by atoms with van der Waals surface area (Å²) in [6.07, 6.45) is 5.48. The summed E-state index contributed by atoms with van der Waals surface area (Å²) in [6.45, 7) is 5.37. The molecule has 1 amide bonds. The molecule has 0 saturated carbocycles. The first-order chi connectivity index (χ1) is 7.24. The Hall–Kier alpha value is -0.990. The van der Waals surface area contributed by atoms with E-state index in [-0.39, 0.29) is 6.09 Å². The van der Waals surface area contributed by atoms with Crippen molar-refractivity contribution in [3.8, 4) is 0 Å². The van der Waals surface area contributed by atoms with E-state index in [2.05, 4.69) is 13.0 Å². The highest BCUT2D eigenvalue weighted by Gasteiger charge is 2.37. The number of amides is 1. The van der Waals surface area contributed by atoms with Gasteiger partial charge in [0.1, 0.15) is 0 Å². The van der Waals surface area contributed by atoms with Crippen LogP contribution in [-0.4, -0.2) is 30.2 Å². The molecule has 0 radical (unpaired) electrons. The SMILES string of the molecule is CCOC(=O)N1CCCC2C(C)=CCC21. The third-order valence-corrected chi connectivity index (χ3v) is 3.55. The van der Waals surface area contributed by atoms with E-state index >= 15 is 0 Å². The van der Waals surface area contributed by atoms with Crippen molar-refractivity contribution in [2.24, 2.45) is 5.92 Å². The zero-order valence-electron chi connectivity index (χ0n) is 9.53. The molecule has 1 heterocycles. The van der Waals surface area contributed by atoms with Gasteiger partial charge in [0.15, 0.2) is 0 Å². The first-order valence-corrected chi connectivity index (χ1v) is 5.84. The van der Waals surface area contributed by atoms with Crippen LogP contribution >= 0.6 is 0 Å². The van der Waals surface area contributed by atoms with Crippen LogP contribution in [0.1, 0.15) is 33.1 Å². The van der Waals surface area contributed by atoms with Crippen LogP contribution in [0.5, 0.6) is 0 Å². The molecule has 84 valence electrons. The molecule has 2 atom stereocenters. The Bertz CT molecular complexity index is 285. The highest BCUT2D eigenvalue weighted by molar-refractivity contribution is 5.68. The summed E-state index contributed by atoms with van der Waals surface area (Å²) in [5.74, 6) is 0.586. The van der Waals surface area contributed by atoms with E-state index in [0.717, 1.165) is 19.4 Å². The molecule has 3 heteroatoms. The molecule has 0 aromatic heterocycles. The number of ether oxygens (including phenoxy) is 1. The number of carbonyl (C=O) groups excluding carboxylic acids is 1. The minimum Gasteiger partial charge on any atom is -0.450 e. The Kier molecular flexibility index (Phi) is 2.98. The number of likely N-dealkylation sites (tertiary alicyclic amines) is 1. The first-order valence-electron chi connectivity index (χ1n) is 5.84. The highest BCUT2D eigenvalue weighted by atomic mass is 16.6. The predicted molar refractivity (Wildman–Crippen MR) is 58.6 cm³/mol. The van der Waals surface area contributed by atoms with Gasteiger partial charge in [0.25, 0.3) is 0 Å². The molecular weight excluding hydrogens is 190 g/mol. The van der Waals surface area contributed by atoms with Crippen LogP contribution in [0.3, 0.4) is 0 Å². The van der Waals surface area contributed by atoms with Gasteiger partial charge >= 0.3 is 6.09 Å². The molecule has 2 rings (SSSR count). The lowest BCUT2D eigenvalue weighted by Gasteiger charge is -2.37. The van der Waals surface area contributed by atoms with Crippen molar-refractivity contribution in [2.75, 3.05) is 13.2 Å². The molecule has 15 heavy (non-hydrogen) atoms. The van der Waals surface area contributed by atoms with Crippen LogP contribution in [-0.2, 0) is 4.74 Å².